The van der Waals surface area contributed by atoms with Crippen molar-refractivity contribution in [2.45, 2.75) is 25.3 Å². The van der Waals surface area contributed by atoms with Crippen LogP contribution < -0.4 is 10.6 Å². The van der Waals surface area contributed by atoms with Gasteiger partial charge in [0, 0.05) is 32.1 Å². The van der Waals surface area contributed by atoms with E-state index in [1.807, 2.05) is 12.4 Å². The van der Waals surface area contributed by atoms with Crippen LogP contribution in [0, 0.1) is 0 Å². The number of aromatic nitrogens is 2. The first-order chi connectivity index (χ1) is 8.35. The van der Waals surface area contributed by atoms with E-state index in [1.165, 1.54) is 12.8 Å². The average Bonchev–Trinajstić information content (AvgIpc) is 3.16. The van der Waals surface area contributed by atoms with Crippen molar-refractivity contribution in [3.63, 3.8) is 0 Å². The minimum absolute atomic E-state index is 0.602. The number of nitrogens with two attached hydrogens (primary N) is 1. The second-order valence-electron chi connectivity index (χ2n) is 4.35. The molecule has 1 aliphatic rings. The van der Waals surface area contributed by atoms with Gasteiger partial charge in [0.05, 0.1) is 6.61 Å². The fourth-order valence-corrected chi connectivity index (χ4v) is 1.81. The Morgan fingerprint density at radius 3 is 2.65 bits per heavy atom. The predicted octanol–water partition coefficient (Wildman–Crippen LogP) is 0.593. The molecule has 0 aliphatic heterocycles. The lowest BCUT2D eigenvalue weighted by Crippen LogP contribution is -2.31. The number of methoxy groups -OCH3 is 1. The Morgan fingerprint density at radius 2 is 2.12 bits per heavy atom. The Balaban J connectivity index is 2.01. The van der Waals surface area contributed by atoms with Crippen LogP contribution in [0.15, 0.2) is 12.4 Å². The van der Waals surface area contributed by atoms with E-state index in [4.69, 9.17) is 10.5 Å². The van der Waals surface area contributed by atoms with Gasteiger partial charge in [-0.05, 0) is 31.4 Å². The summed E-state index contributed by atoms with van der Waals surface area (Å²) in [5.74, 6) is 0.810. The summed E-state index contributed by atoms with van der Waals surface area (Å²) in [4.78, 5) is 11.1. The normalized spacial score (nSPS) is 14.9. The van der Waals surface area contributed by atoms with Gasteiger partial charge in [-0.25, -0.2) is 9.97 Å². The molecular formula is C12H20N4O. The summed E-state index contributed by atoms with van der Waals surface area (Å²) in [6.07, 6.45) is 7.05. The van der Waals surface area contributed by atoms with E-state index in [9.17, 15) is 0 Å². The lowest BCUT2D eigenvalue weighted by Gasteiger charge is -2.21. The molecule has 1 heterocycles. The zero-order valence-corrected chi connectivity index (χ0v) is 10.3. The topological polar surface area (TPSA) is 64.3 Å². The molecule has 0 aromatic carbocycles. The van der Waals surface area contributed by atoms with Gasteiger partial charge in [-0.15, -0.1) is 0 Å². The predicted molar refractivity (Wildman–Crippen MR) is 67.0 cm³/mol. The van der Waals surface area contributed by atoms with Crippen LogP contribution in [0.2, 0.25) is 0 Å². The third-order valence-electron chi connectivity index (χ3n) is 2.91. The maximum atomic E-state index is 5.50. The highest BCUT2D eigenvalue weighted by molar-refractivity contribution is 5.34. The highest BCUT2D eigenvalue weighted by Gasteiger charge is 2.30. The van der Waals surface area contributed by atoms with Crippen LogP contribution in [0.25, 0.3) is 0 Å². The molecule has 1 aromatic heterocycles. The van der Waals surface area contributed by atoms with Crippen LogP contribution in [0.1, 0.15) is 18.4 Å². The van der Waals surface area contributed by atoms with Gasteiger partial charge in [-0.3, -0.25) is 0 Å². The fraction of sp³-hybridized carbons (Fsp3) is 0.667. The Hall–Kier alpha value is -1.20. The van der Waals surface area contributed by atoms with Crippen molar-refractivity contribution in [1.29, 1.82) is 0 Å². The molecule has 5 heteroatoms. The van der Waals surface area contributed by atoms with E-state index >= 15 is 0 Å². The number of nitrogens with zero attached hydrogens (tertiary/aromatic N) is 3. The molecule has 2 N–H and O–H groups in total. The Bertz CT molecular complexity index is 337. The molecule has 94 valence electrons. The summed E-state index contributed by atoms with van der Waals surface area (Å²) in [5, 5.41) is 0. The zero-order valence-electron chi connectivity index (χ0n) is 10.3. The fourth-order valence-electron chi connectivity index (χ4n) is 1.81. The van der Waals surface area contributed by atoms with Gasteiger partial charge in [0.2, 0.25) is 5.95 Å². The molecular weight excluding hydrogens is 216 g/mol. The summed E-state index contributed by atoms with van der Waals surface area (Å²) < 4.78 is 5.12. The van der Waals surface area contributed by atoms with Crippen molar-refractivity contribution >= 4 is 5.95 Å². The van der Waals surface area contributed by atoms with Gasteiger partial charge < -0.3 is 15.4 Å². The molecule has 17 heavy (non-hydrogen) atoms. The van der Waals surface area contributed by atoms with Gasteiger partial charge in [0.15, 0.2) is 0 Å². The van der Waals surface area contributed by atoms with Crippen LogP contribution in [0.4, 0.5) is 5.95 Å². The SMILES string of the molecule is COCCN(c1ncc(CCN)cn1)C1CC1. The van der Waals surface area contributed by atoms with Crippen molar-refractivity contribution < 1.29 is 4.74 Å². The second kappa shape index (κ2) is 5.93. The lowest BCUT2D eigenvalue weighted by atomic mass is 10.2. The zero-order chi connectivity index (χ0) is 12.1. The number of anilines is 1. The standard InChI is InChI=1S/C12H20N4O/c1-17-7-6-16(11-2-3-11)12-14-8-10(4-5-13)9-15-12/h8-9,11H,2-7,13H2,1H3. The molecule has 1 aliphatic carbocycles. The Kier molecular flexibility index (Phi) is 4.28. The first-order valence-electron chi connectivity index (χ1n) is 6.11. The average molecular weight is 236 g/mol. The van der Waals surface area contributed by atoms with Crippen LogP contribution in [-0.2, 0) is 11.2 Å². The van der Waals surface area contributed by atoms with Crippen LogP contribution in [0.3, 0.4) is 0 Å². The highest BCUT2D eigenvalue weighted by atomic mass is 16.5. The van der Waals surface area contributed by atoms with Crippen molar-refractivity contribution in [2.75, 3.05) is 31.7 Å². The molecule has 0 saturated heterocycles. The number of ether oxygens (including phenoxy) is 1. The molecule has 1 aromatic rings. The third kappa shape index (κ3) is 3.38. The Morgan fingerprint density at radius 1 is 1.41 bits per heavy atom. The molecule has 1 fully saturated rings. The van der Waals surface area contributed by atoms with Gasteiger partial charge in [0.25, 0.3) is 0 Å². The molecule has 5 nitrogen and oxygen atoms in total. The summed E-state index contributed by atoms with van der Waals surface area (Å²) in [6.45, 7) is 2.21. The molecule has 0 unspecified atom stereocenters. The summed E-state index contributed by atoms with van der Waals surface area (Å²) in [5.41, 5.74) is 6.60. The highest BCUT2D eigenvalue weighted by Crippen LogP contribution is 2.29. The number of rotatable bonds is 7. The molecule has 1 saturated carbocycles. The van der Waals surface area contributed by atoms with Crippen molar-refractivity contribution in [2.24, 2.45) is 5.73 Å². The van der Waals surface area contributed by atoms with Crippen LogP contribution >= 0.6 is 0 Å². The van der Waals surface area contributed by atoms with Crippen molar-refractivity contribution in [3.05, 3.63) is 18.0 Å². The first-order valence-corrected chi connectivity index (χ1v) is 6.11. The summed E-state index contributed by atoms with van der Waals surface area (Å²) in [6, 6.07) is 0.602. The van der Waals surface area contributed by atoms with Crippen molar-refractivity contribution in [1.82, 2.24) is 9.97 Å². The minimum Gasteiger partial charge on any atom is -0.383 e. The summed E-state index contributed by atoms with van der Waals surface area (Å²) >= 11 is 0. The van der Waals surface area contributed by atoms with Gasteiger partial charge in [-0.2, -0.15) is 0 Å². The van der Waals surface area contributed by atoms with E-state index in [0.29, 0.717) is 19.2 Å². The van der Waals surface area contributed by atoms with Crippen molar-refractivity contribution in [3.8, 4) is 0 Å². The quantitative estimate of drug-likeness (QED) is 0.750. The van der Waals surface area contributed by atoms with E-state index in [2.05, 4.69) is 14.9 Å². The van der Waals surface area contributed by atoms with E-state index < -0.39 is 0 Å². The maximum Gasteiger partial charge on any atom is 0.225 e. The van der Waals surface area contributed by atoms with E-state index in [1.54, 1.807) is 7.11 Å². The van der Waals surface area contributed by atoms with Crippen LogP contribution in [-0.4, -0.2) is 42.8 Å². The molecule has 0 radical (unpaired) electrons. The van der Waals surface area contributed by atoms with Gasteiger partial charge in [0.1, 0.15) is 0 Å². The smallest absolute Gasteiger partial charge is 0.225 e. The van der Waals surface area contributed by atoms with Gasteiger partial charge >= 0.3 is 0 Å². The van der Waals surface area contributed by atoms with E-state index in [0.717, 1.165) is 24.5 Å². The molecule has 0 bridgehead atoms. The summed E-state index contributed by atoms with van der Waals surface area (Å²) in [7, 11) is 1.72. The monoisotopic (exact) mass is 236 g/mol. The second-order valence-corrected chi connectivity index (χ2v) is 4.35. The number of hydrogen-bond donors (Lipinski definition) is 1. The molecule has 0 atom stereocenters. The molecule has 0 spiro atoms. The van der Waals surface area contributed by atoms with Gasteiger partial charge in [-0.1, -0.05) is 0 Å². The first kappa shape index (κ1) is 12.3. The van der Waals surface area contributed by atoms with E-state index in [-0.39, 0.29) is 0 Å². The maximum absolute atomic E-state index is 5.50. The lowest BCUT2D eigenvalue weighted by molar-refractivity contribution is 0.204. The van der Waals surface area contributed by atoms with Crippen LogP contribution in [0.5, 0.6) is 0 Å². The Labute approximate surface area is 102 Å². The molecule has 0 amide bonds. The number of hydrogen-bond acceptors (Lipinski definition) is 5. The molecule has 2 rings (SSSR count). The third-order valence-corrected chi connectivity index (χ3v) is 2.91. The largest absolute Gasteiger partial charge is 0.383 e. The minimum atomic E-state index is 0.602.